The molecule has 2 atom stereocenters. The van der Waals surface area contributed by atoms with E-state index in [1.807, 2.05) is 0 Å². The summed E-state index contributed by atoms with van der Waals surface area (Å²) in [5.74, 6) is 1.52. The van der Waals surface area contributed by atoms with Crippen LogP contribution in [0.4, 0.5) is 0 Å². The maximum absolute atomic E-state index is 9.32. The summed E-state index contributed by atoms with van der Waals surface area (Å²) in [4.78, 5) is 0. The van der Waals surface area contributed by atoms with Gasteiger partial charge in [0.15, 0.2) is 0 Å². The molecule has 0 aliphatic heterocycles. The summed E-state index contributed by atoms with van der Waals surface area (Å²) < 4.78 is 0. The number of rotatable bonds is 26. The van der Waals surface area contributed by atoms with Crippen LogP contribution in [0, 0.1) is 11.8 Å². The Kier molecular flexibility index (Phi) is 36.0. The first kappa shape index (κ1) is 36.6. The summed E-state index contributed by atoms with van der Waals surface area (Å²) in [6, 6.07) is 0. The van der Waals surface area contributed by atoms with Crippen LogP contribution in [0.2, 0.25) is 0 Å². The van der Waals surface area contributed by atoms with Gasteiger partial charge in [0, 0.05) is 11.9 Å². The van der Waals surface area contributed by atoms with Gasteiger partial charge in [-0.1, -0.05) is 172 Å². The zero-order valence-corrected chi connectivity index (χ0v) is 26.0. The van der Waals surface area contributed by atoms with Crippen molar-refractivity contribution in [2.45, 2.75) is 182 Å². The molecule has 34 heavy (non-hydrogen) atoms. The lowest BCUT2D eigenvalue weighted by Crippen LogP contribution is -2.06. The highest BCUT2D eigenvalue weighted by Gasteiger charge is 2.07. The van der Waals surface area contributed by atoms with Gasteiger partial charge in [-0.05, 0) is 37.5 Å². The summed E-state index contributed by atoms with van der Waals surface area (Å²) in [5, 5.41) is 10.5. The summed E-state index contributed by atoms with van der Waals surface area (Å²) in [5.41, 5.74) is 0. The maximum Gasteiger partial charge on any atom is 0.0459 e. The molecule has 208 valence electrons. The van der Waals surface area contributed by atoms with Crippen molar-refractivity contribution in [1.29, 1.82) is 0 Å². The molecule has 2 unspecified atom stereocenters. The first-order valence-electron chi connectivity index (χ1n) is 15.9. The van der Waals surface area contributed by atoms with E-state index in [1.54, 1.807) is 0 Å². The lowest BCUT2D eigenvalue weighted by molar-refractivity contribution is 0.204. The Morgan fingerprint density at radius 1 is 0.412 bits per heavy atom. The monoisotopic (exact) mass is 546 g/mol. The van der Waals surface area contributed by atoms with Crippen LogP contribution in [-0.4, -0.2) is 17.0 Å². The van der Waals surface area contributed by atoms with Crippen molar-refractivity contribution in [2.75, 3.05) is 11.9 Å². The van der Waals surface area contributed by atoms with Crippen molar-refractivity contribution >= 4 is 15.9 Å². The normalized spacial score (nSPS) is 12.9. The SMILES string of the molecule is CCCCCCCCC(CBr)CCCCCC.CCCCCCCCC(CO)CCCCCC. The predicted octanol–water partition coefficient (Wildman–Crippen LogP) is 12.0. The number of hydrogen-bond acceptors (Lipinski definition) is 1. The van der Waals surface area contributed by atoms with Crippen LogP contribution >= 0.6 is 15.9 Å². The van der Waals surface area contributed by atoms with E-state index in [1.165, 1.54) is 159 Å². The van der Waals surface area contributed by atoms with Crippen molar-refractivity contribution in [3.05, 3.63) is 0 Å². The third-order valence-corrected chi connectivity index (χ3v) is 8.26. The number of hydrogen-bond donors (Lipinski definition) is 1. The van der Waals surface area contributed by atoms with Gasteiger partial charge < -0.3 is 5.11 Å². The number of unbranched alkanes of at least 4 members (excludes halogenated alkanes) is 16. The molecule has 0 aliphatic rings. The van der Waals surface area contributed by atoms with E-state index in [0.717, 1.165) is 5.92 Å². The van der Waals surface area contributed by atoms with Crippen LogP contribution in [0.5, 0.6) is 0 Å². The summed E-state index contributed by atoms with van der Waals surface area (Å²) >= 11 is 3.68. The molecule has 0 aromatic rings. The van der Waals surface area contributed by atoms with Crippen molar-refractivity contribution in [1.82, 2.24) is 0 Å². The minimum Gasteiger partial charge on any atom is -0.396 e. The zero-order valence-electron chi connectivity index (χ0n) is 24.4. The minimum absolute atomic E-state index is 0.404. The van der Waals surface area contributed by atoms with Gasteiger partial charge in [0.25, 0.3) is 0 Å². The molecule has 0 radical (unpaired) electrons. The Bertz CT molecular complexity index is 301. The van der Waals surface area contributed by atoms with Crippen molar-refractivity contribution in [3.63, 3.8) is 0 Å². The number of aliphatic hydroxyl groups excluding tert-OH is 1. The lowest BCUT2D eigenvalue weighted by atomic mass is 9.95. The van der Waals surface area contributed by atoms with Gasteiger partial charge in [-0.15, -0.1) is 0 Å². The number of alkyl halides is 1. The molecule has 0 aromatic heterocycles. The second-order valence-electron chi connectivity index (χ2n) is 10.9. The summed E-state index contributed by atoms with van der Waals surface area (Å²) in [6.07, 6.45) is 33.2. The van der Waals surface area contributed by atoms with E-state index in [4.69, 9.17) is 0 Å². The first-order chi connectivity index (χ1) is 16.7. The fraction of sp³-hybridized carbons (Fsp3) is 1.00. The van der Waals surface area contributed by atoms with E-state index in [-0.39, 0.29) is 0 Å². The highest BCUT2D eigenvalue weighted by Crippen LogP contribution is 2.21. The average molecular weight is 548 g/mol. The molecule has 0 saturated carbocycles. The van der Waals surface area contributed by atoms with Gasteiger partial charge >= 0.3 is 0 Å². The fourth-order valence-corrected chi connectivity index (χ4v) is 5.42. The van der Waals surface area contributed by atoms with Crippen LogP contribution < -0.4 is 0 Å². The van der Waals surface area contributed by atoms with E-state index >= 15 is 0 Å². The van der Waals surface area contributed by atoms with Gasteiger partial charge in [0.05, 0.1) is 0 Å². The summed E-state index contributed by atoms with van der Waals surface area (Å²) in [6.45, 7) is 9.49. The number of halogens is 1. The van der Waals surface area contributed by atoms with Gasteiger partial charge in [0.2, 0.25) is 0 Å². The van der Waals surface area contributed by atoms with Crippen LogP contribution in [0.1, 0.15) is 182 Å². The molecule has 1 N–H and O–H groups in total. The molecule has 0 spiro atoms. The van der Waals surface area contributed by atoms with Crippen LogP contribution in [0.15, 0.2) is 0 Å². The van der Waals surface area contributed by atoms with Crippen LogP contribution in [0.25, 0.3) is 0 Å². The van der Waals surface area contributed by atoms with Crippen LogP contribution in [-0.2, 0) is 0 Å². The van der Waals surface area contributed by atoms with Crippen molar-refractivity contribution < 1.29 is 5.11 Å². The summed E-state index contributed by atoms with van der Waals surface area (Å²) in [7, 11) is 0. The van der Waals surface area contributed by atoms with Gasteiger partial charge in [-0.25, -0.2) is 0 Å². The quantitative estimate of drug-likeness (QED) is 0.0843. The molecule has 0 saturated heterocycles. The smallest absolute Gasteiger partial charge is 0.0459 e. The molecule has 0 aromatic carbocycles. The average Bonchev–Trinajstić information content (AvgIpc) is 2.86. The Balaban J connectivity index is 0. The largest absolute Gasteiger partial charge is 0.396 e. The van der Waals surface area contributed by atoms with Crippen LogP contribution in [0.3, 0.4) is 0 Å². The van der Waals surface area contributed by atoms with E-state index in [9.17, 15) is 5.11 Å². The van der Waals surface area contributed by atoms with E-state index in [2.05, 4.69) is 43.6 Å². The molecule has 0 amide bonds. The molecule has 0 heterocycles. The Hall–Kier alpha value is 0.440. The second kappa shape index (κ2) is 33.4. The molecule has 0 rings (SSSR count). The van der Waals surface area contributed by atoms with E-state index in [0.29, 0.717) is 12.5 Å². The highest BCUT2D eigenvalue weighted by molar-refractivity contribution is 9.09. The Morgan fingerprint density at radius 2 is 0.676 bits per heavy atom. The molecular weight excluding hydrogens is 480 g/mol. The van der Waals surface area contributed by atoms with Crippen molar-refractivity contribution in [2.24, 2.45) is 11.8 Å². The van der Waals surface area contributed by atoms with E-state index < -0.39 is 0 Å². The lowest BCUT2D eigenvalue weighted by Gasteiger charge is -2.13. The number of aliphatic hydroxyl groups is 1. The first-order valence-corrected chi connectivity index (χ1v) is 17.0. The maximum atomic E-state index is 9.32. The molecular formula is C32H67BrO. The third-order valence-electron chi connectivity index (χ3n) is 7.34. The second-order valence-corrected chi connectivity index (χ2v) is 11.5. The topological polar surface area (TPSA) is 20.2 Å². The fourth-order valence-electron chi connectivity index (χ4n) is 4.77. The van der Waals surface area contributed by atoms with Gasteiger partial charge in [-0.3, -0.25) is 0 Å². The molecule has 0 fully saturated rings. The molecule has 0 bridgehead atoms. The van der Waals surface area contributed by atoms with Gasteiger partial charge in [0.1, 0.15) is 0 Å². The molecule has 1 nitrogen and oxygen atoms in total. The predicted molar refractivity (Wildman–Crippen MR) is 161 cm³/mol. The van der Waals surface area contributed by atoms with Crippen molar-refractivity contribution in [3.8, 4) is 0 Å². The molecule has 2 heteroatoms. The minimum atomic E-state index is 0.404. The zero-order chi connectivity index (χ0) is 25.5. The van der Waals surface area contributed by atoms with Gasteiger partial charge in [-0.2, -0.15) is 0 Å². The standard InChI is InChI=1S/C16H33Br.C16H34O/c2*1-3-5-7-9-10-12-14-16(15-17)13-11-8-6-4-2/h16H,3-15H2,1-2H3;16-17H,3-15H2,1-2H3. The Labute approximate surface area is 226 Å². The molecule has 0 aliphatic carbocycles. The third kappa shape index (κ3) is 30.5. The highest BCUT2D eigenvalue weighted by atomic mass is 79.9. The Morgan fingerprint density at radius 3 is 0.971 bits per heavy atom.